The first-order chi connectivity index (χ1) is 15.0. The third kappa shape index (κ3) is 5.21. The van der Waals surface area contributed by atoms with E-state index in [4.69, 9.17) is 18.9 Å². The molecule has 0 unspecified atom stereocenters. The molecule has 0 bridgehead atoms. The van der Waals surface area contributed by atoms with Gasteiger partial charge in [-0.15, -0.1) is 0 Å². The lowest BCUT2D eigenvalue weighted by atomic mass is 10.1. The van der Waals surface area contributed by atoms with Crippen LogP contribution in [-0.4, -0.2) is 44.1 Å². The van der Waals surface area contributed by atoms with Crippen molar-refractivity contribution in [1.29, 1.82) is 0 Å². The molecule has 3 rings (SSSR count). The molecule has 0 atom stereocenters. The molecule has 1 aliphatic heterocycles. The maximum absolute atomic E-state index is 12.6. The molecule has 8 heteroatoms. The van der Waals surface area contributed by atoms with E-state index in [-0.39, 0.29) is 17.9 Å². The zero-order chi connectivity index (χ0) is 22.4. The number of ether oxygens (including phenoxy) is 4. The molecule has 162 valence electrons. The number of aliphatic imine (C=N–C) groups is 1. The van der Waals surface area contributed by atoms with Crippen LogP contribution in [0.5, 0.6) is 17.2 Å². The minimum absolute atomic E-state index is 0.0239. The smallest absolute Gasteiger partial charge is 0.344 e. The normalized spacial score (nSPS) is 16.0. The van der Waals surface area contributed by atoms with E-state index in [1.165, 1.54) is 11.8 Å². The number of carbonyl (C=O) groups is 1. The monoisotopic (exact) mass is 441 g/mol. The van der Waals surface area contributed by atoms with Crippen LogP contribution in [0.15, 0.2) is 63.7 Å². The zero-order valence-corrected chi connectivity index (χ0v) is 18.5. The SMILES string of the molecule is CCOC(=O)C1=C(O)C(=Cc2cc(OC)cc(OC)c2)SC1=Nc1cccc(OC)c1. The van der Waals surface area contributed by atoms with Crippen LogP contribution in [0.25, 0.3) is 6.08 Å². The quantitative estimate of drug-likeness (QED) is 0.611. The molecule has 0 radical (unpaired) electrons. The summed E-state index contributed by atoms with van der Waals surface area (Å²) in [6.07, 6.45) is 1.73. The molecule has 31 heavy (non-hydrogen) atoms. The Morgan fingerprint density at radius 3 is 2.32 bits per heavy atom. The maximum Gasteiger partial charge on any atom is 0.344 e. The van der Waals surface area contributed by atoms with Crippen LogP contribution in [0.2, 0.25) is 0 Å². The molecule has 0 spiro atoms. The van der Waals surface area contributed by atoms with Crippen molar-refractivity contribution in [3.63, 3.8) is 0 Å². The van der Waals surface area contributed by atoms with E-state index < -0.39 is 5.97 Å². The maximum atomic E-state index is 12.6. The number of carbonyl (C=O) groups excluding carboxylic acids is 1. The van der Waals surface area contributed by atoms with E-state index in [0.717, 1.165) is 5.56 Å². The van der Waals surface area contributed by atoms with Gasteiger partial charge in [0.15, 0.2) is 0 Å². The van der Waals surface area contributed by atoms with Crippen LogP contribution in [0, 0.1) is 0 Å². The average Bonchev–Trinajstić information content (AvgIpc) is 3.08. The topological polar surface area (TPSA) is 86.6 Å². The largest absolute Gasteiger partial charge is 0.506 e. The molecule has 2 aromatic carbocycles. The number of thioether (sulfide) groups is 1. The Morgan fingerprint density at radius 1 is 1.03 bits per heavy atom. The Balaban J connectivity index is 2.06. The van der Waals surface area contributed by atoms with Crippen LogP contribution in [-0.2, 0) is 9.53 Å². The first-order valence-corrected chi connectivity index (χ1v) is 10.3. The number of aliphatic hydroxyl groups is 1. The molecular weight excluding hydrogens is 418 g/mol. The van der Waals surface area contributed by atoms with Gasteiger partial charge in [-0.25, -0.2) is 9.79 Å². The highest BCUT2D eigenvalue weighted by Crippen LogP contribution is 2.41. The summed E-state index contributed by atoms with van der Waals surface area (Å²) in [6.45, 7) is 1.88. The summed E-state index contributed by atoms with van der Waals surface area (Å²) in [6, 6.07) is 12.5. The fraction of sp³-hybridized carbons (Fsp3) is 0.217. The van der Waals surface area contributed by atoms with E-state index in [2.05, 4.69) is 4.99 Å². The molecule has 0 aliphatic carbocycles. The van der Waals surface area contributed by atoms with Crippen molar-refractivity contribution in [2.75, 3.05) is 27.9 Å². The molecule has 2 aromatic rings. The predicted molar refractivity (Wildman–Crippen MR) is 121 cm³/mol. The number of esters is 1. The number of hydrogen-bond donors (Lipinski definition) is 1. The van der Waals surface area contributed by atoms with Gasteiger partial charge in [0.05, 0.1) is 38.5 Å². The summed E-state index contributed by atoms with van der Waals surface area (Å²) in [5.41, 5.74) is 1.34. The number of aliphatic hydroxyl groups excluding tert-OH is 1. The van der Waals surface area contributed by atoms with E-state index in [9.17, 15) is 9.90 Å². The van der Waals surface area contributed by atoms with Gasteiger partial charge in [0.1, 0.15) is 33.6 Å². The van der Waals surface area contributed by atoms with Crippen molar-refractivity contribution in [3.8, 4) is 17.2 Å². The van der Waals surface area contributed by atoms with Gasteiger partial charge in [0.2, 0.25) is 0 Å². The van der Waals surface area contributed by atoms with Gasteiger partial charge in [-0.1, -0.05) is 17.8 Å². The Bertz CT molecular complexity index is 1050. The molecule has 0 amide bonds. The van der Waals surface area contributed by atoms with Crippen LogP contribution in [0.3, 0.4) is 0 Å². The van der Waals surface area contributed by atoms with E-state index in [1.807, 2.05) is 0 Å². The minimum Gasteiger partial charge on any atom is -0.506 e. The number of rotatable bonds is 7. The van der Waals surface area contributed by atoms with Gasteiger partial charge in [-0.2, -0.15) is 0 Å². The van der Waals surface area contributed by atoms with Gasteiger partial charge in [0.25, 0.3) is 0 Å². The van der Waals surface area contributed by atoms with Crippen molar-refractivity contribution in [2.45, 2.75) is 6.92 Å². The number of hydrogen-bond acceptors (Lipinski definition) is 8. The lowest BCUT2D eigenvalue weighted by Gasteiger charge is -2.06. The van der Waals surface area contributed by atoms with E-state index in [0.29, 0.717) is 32.9 Å². The molecule has 0 aromatic heterocycles. The Hall–Kier alpha value is -3.39. The average molecular weight is 442 g/mol. The zero-order valence-electron chi connectivity index (χ0n) is 17.7. The van der Waals surface area contributed by atoms with Gasteiger partial charge in [0, 0.05) is 12.1 Å². The summed E-state index contributed by atoms with van der Waals surface area (Å²) < 4.78 is 21.0. The van der Waals surface area contributed by atoms with E-state index >= 15 is 0 Å². The fourth-order valence-corrected chi connectivity index (χ4v) is 3.89. The van der Waals surface area contributed by atoms with Crippen molar-refractivity contribution in [2.24, 2.45) is 4.99 Å². The predicted octanol–water partition coefficient (Wildman–Crippen LogP) is 4.91. The highest BCUT2D eigenvalue weighted by Gasteiger charge is 2.33. The first kappa shape index (κ1) is 22.3. The second-order valence-electron chi connectivity index (χ2n) is 6.32. The molecule has 1 N–H and O–H groups in total. The molecule has 1 aliphatic rings. The molecular formula is C23H23NO6S. The Morgan fingerprint density at radius 2 is 1.71 bits per heavy atom. The lowest BCUT2D eigenvalue weighted by molar-refractivity contribution is -0.138. The van der Waals surface area contributed by atoms with Crippen molar-refractivity contribution >= 4 is 34.5 Å². The van der Waals surface area contributed by atoms with Gasteiger partial charge in [-0.05, 0) is 42.8 Å². The van der Waals surface area contributed by atoms with Crippen LogP contribution < -0.4 is 14.2 Å². The Kier molecular flexibility index (Phi) is 7.25. The molecule has 0 saturated carbocycles. The summed E-state index contributed by atoms with van der Waals surface area (Å²) in [4.78, 5) is 17.6. The second kappa shape index (κ2) is 10.1. The summed E-state index contributed by atoms with van der Waals surface area (Å²) in [5, 5.41) is 11.2. The molecule has 7 nitrogen and oxygen atoms in total. The highest BCUT2D eigenvalue weighted by molar-refractivity contribution is 8.18. The molecule has 0 fully saturated rings. The minimum atomic E-state index is -0.638. The number of methoxy groups -OCH3 is 3. The van der Waals surface area contributed by atoms with Crippen molar-refractivity contribution in [1.82, 2.24) is 0 Å². The Labute approximate surface area is 185 Å². The third-order valence-corrected chi connectivity index (χ3v) is 5.35. The summed E-state index contributed by atoms with van der Waals surface area (Å²) >= 11 is 1.17. The van der Waals surface area contributed by atoms with Crippen molar-refractivity contribution in [3.05, 3.63) is 64.3 Å². The standard InChI is InChI=1S/C23H23NO6S/c1-5-30-23(26)20-21(25)19(11-14-9-17(28-3)13-18(10-14)29-4)31-22(20)24-15-7-6-8-16(12-15)27-2/h6-13,25H,5H2,1-4H3. The molecule has 1 heterocycles. The van der Waals surface area contributed by atoms with Gasteiger partial charge in [-0.3, -0.25) is 0 Å². The fourth-order valence-electron chi connectivity index (χ4n) is 2.85. The van der Waals surface area contributed by atoms with Gasteiger partial charge >= 0.3 is 5.97 Å². The third-order valence-electron chi connectivity index (χ3n) is 4.33. The lowest BCUT2D eigenvalue weighted by Crippen LogP contribution is -2.12. The number of benzene rings is 2. The molecule has 0 saturated heterocycles. The summed E-state index contributed by atoms with van der Waals surface area (Å²) in [5.74, 6) is 1.02. The van der Waals surface area contributed by atoms with Crippen molar-refractivity contribution < 1.29 is 28.8 Å². The second-order valence-corrected chi connectivity index (χ2v) is 7.35. The van der Waals surface area contributed by atoms with Crippen LogP contribution in [0.4, 0.5) is 5.69 Å². The number of nitrogens with zero attached hydrogens (tertiary/aromatic N) is 1. The van der Waals surface area contributed by atoms with Crippen LogP contribution in [0.1, 0.15) is 12.5 Å². The van der Waals surface area contributed by atoms with E-state index in [1.54, 1.807) is 76.8 Å². The van der Waals surface area contributed by atoms with Gasteiger partial charge < -0.3 is 24.1 Å². The summed E-state index contributed by atoms with van der Waals surface area (Å²) in [7, 11) is 4.69. The first-order valence-electron chi connectivity index (χ1n) is 9.45. The highest BCUT2D eigenvalue weighted by atomic mass is 32.2. The van der Waals surface area contributed by atoms with Crippen LogP contribution >= 0.6 is 11.8 Å².